The lowest BCUT2D eigenvalue weighted by molar-refractivity contribution is 0.251. The molecule has 0 aromatic heterocycles. The van der Waals surface area contributed by atoms with Crippen molar-refractivity contribution in [2.45, 2.75) is 45.6 Å². The zero-order valence-electron chi connectivity index (χ0n) is 14.3. The Kier molecular flexibility index (Phi) is 6.25. The van der Waals surface area contributed by atoms with Gasteiger partial charge in [-0.05, 0) is 69.4 Å². The molecule has 1 aliphatic heterocycles. The molecule has 0 amide bonds. The molecule has 2 rings (SSSR count). The van der Waals surface area contributed by atoms with Gasteiger partial charge in [0.1, 0.15) is 0 Å². The molecule has 2 heteroatoms. The third kappa shape index (κ3) is 5.44. The maximum atomic E-state index is 2.46. The number of rotatable bonds is 6. The monoisotopic (exact) mass is 288 g/mol. The number of likely N-dealkylation sites (N-methyl/N-ethyl adjacent to an activating group) is 1. The number of benzene rings is 1. The minimum Gasteiger partial charge on any atom is -0.306 e. The molecular formula is C19H32N2. The van der Waals surface area contributed by atoms with Crippen molar-refractivity contribution >= 4 is 0 Å². The van der Waals surface area contributed by atoms with Crippen molar-refractivity contribution in [2.24, 2.45) is 5.92 Å². The lowest BCUT2D eigenvalue weighted by atomic mass is 9.90. The molecule has 1 saturated heterocycles. The molecule has 0 bridgehead atoms. The minimum absolute atomic E-state index is 0.733. The molecule has 1 unspecified atom stereocenters. The Morgan fingerprint density at radius 3 is 2.57 bits per heavy atom. The molecule has 2 nitrogen and oxygen atoms in total. The summed E-state index contributed by atoms with van der Waals surface area (Å²) in [5.41, 5.74) is 2.96. The number of hydrogen-bond donors (Lipinski definition) is 0. The van der Waals surface area contributed by atoms with Gasteiger partial charge in [0.25, 0.3) is 0 Å². The van der Waals surface area contributed by atoms with Crippen LogP contribution < -0.4 is 0 Å². The van der Waals surface area contributed by atoms with Crippen LogP contribution in [0, 0.1) is 5.92 Å². The van der Waals surface area contributed by atoms with E-state index in [1.165, 1.54) is 50.0 Å². The summed E-state index contributed by atoms with van der Waals surface area (Å²) < 4.78 is 0. The fourth-order valence-corrected chi connectivity index (χ4v) is 3.20. The highest BCUT2D eigenvalue weighted by Crippen LogP contribution is 2.26. The maximum Gasteiger partial charge on any atom is 0.0230 e. The van der Waals surface area contributed by atoms with E-state index >= 15 is 0 Å². The van der Waals surface area contributed by atoms with E-state index in [2.05, 4.69) is 62.0 Å². The number of piperidine rings is 1. The molecule has 0 aliphatic carbocycles. The van der Waals surface area contributed by atoms with Gasteiger partial charge in [0, 0.05) is 13.1 Å². The van der Waals surface area contributed by atoms with Gasteiger partial charge in [-0.15, -0.1) is 0 Å². The lowest BCUT2D eigenvalue weighted by Crippen LogP contribution is -2.30. The Bertz CT molecular complexity index is 410. The van der Waals surface area contributed by atoms with E-state index in [4.69, 9.17) is 0 Å². The molecule has 0 saturated carbocycles. The fraction of sp³-hybridized carbons (Fsp3) is 0.684. The zero-order valence-corrected chi connectivity index (χ0v) is 14.3. The van der Waals surface area contributed by atoms with Gasteiger partial charge in [-0.1, -0.05) is 38.1 Å². The van der Waals surface area contributed by atoms with Crippen LogP contribution in [-0.4, -0.2) is 43.5 Å². The van der Waals surface area contributed by atoms with Crippen LogP contribution in [0.5, 0.6) is 0 Å². The highest BCUT2D eigenvalue weighted by atomic mass is 15.1. The lowest BCUT2D eigenvalue weighted by Gasteiger charge is -2.30. The van der Waals surface area contributed by atoms with Crippen molar-refractivity contribution in [3.63, 3.8) is 0 Å². The average molecular weight is 288 g/mol. The van der Waals surface area contributed by atoms with E-state index in [1.807, 2.05) is 0 Å². The second kappa shape index (κ2) is 7.95. The molecule has 1 aromatic rings. The van der Waals surface area contributed by atoms with Crippen LogP contribution in [0.25, 0.3) is 0 Å². The first-order valence-corrected chi connectivity index (χ1v) is 8.50. The molecular weight excluding hydrogens is 256 g/mol. The van der Waals surface area contributed by atoms with E-state index in [1.54, 1.807) is 0 Å². The first-order chi connectivity index (χ1) is 10.0. The second-order valence-electron chi connectivity index (χ2n) is 7.26. The van der Waals surface area contributed by atoms with E-state index in [0.29, 0.717) is 0 Å². The maximum absolute atomic E-state index is 2.46. The summed E-state index contributed by atoms with van der Waals surface area (Å²) in [6.45, 7) is 9.32. The molecule has 21 heavy (non-hydrogen) atoms. The smallest absolute Gasteiger partial charge is 0.0230 e. The molecule has 1 fully saturated rings. The van der Waals surface area contributed by atoms with Crippen LogP contribution in [0.3, 0.4) is 0 Å². The van der Waals surface area contributed by atoms with E-state index in [-0.39, 0.29) is 0 Å². The molecule has 1 heterocycles. The summed E-state index contributed by atoms with van der Waals surface area (Å²) in [6.07, 6.45) is 3.96. The Labute approximate surface area is 131 Å². The largest absolute Gasteiger partial charge is 0.306 e. The topological polar surface area (TPSA) is 6.48 Å². The summed E-state index contributed by atoms with van der Waals surface area (Å²) in [4.78, 5) is 4.89. The molecule has 0 spiro atoms. The van der Waals surface area contributed by atoms with Crippen LogP contribution in [0.2, 0.25) is 0 Å². The third-order valence-corrected chi connectivity index (χ3v) is 4.62. The van der Waals surface area contributed by atoms with E-state index < -0.39 is 0 Å². The number of hydrogen-bond acceptors (Lipinski definition) is 2. The minimum atomic E-state index is 0.733. The van der Waals surface area contributed by atoms with Gasteiger partial charge in [-0.2, -0.15) is 0 Å². The summed E-state index contributed by atoms with van der Waals surface area (Å²) >= 11 is 0. The Morgan fingerprint density at radius 1 is 1.24 bits per heavy atom. The van der Waals surface area contributed by atoms with Gasteiger partial charge < -0.3 is 9.80 Å². The zero-order chi connectivity index (χ0) is 15.2. The fourth-order valence-electron chi connectivity index (χ4n) is 3.20. The van der Waals surface area contributed by atoms with Crippen molar-refractivity contribution in [1.82, 2.24) is 9.80 Å². The van der Waals surface area contributed by atoms with Crippen molar-refractivity contribution in [3.8, 4) is 0 Å². The summed E-state index contributed by atoms with van der Waals surface area (Å²) in [7, 11) is 4.47. The predicted octanol–water partition coefficient (Wildman–Crippen LogP) is 3.97. The standard InChI is InChI=1S/C19H32N2/c1-16(2)11-13-21(4)14-17-7-9-18(10-8-17)19-6-5-12-20(3)15-19/h7-10,16,19H,5-6,11-15H2,1-4H3. The van der Waals surface area contributed by atoms with E-state index in [9.17, 15) is 0 Å². The Morgan fingerprint density at radius 2 is 1.95 bits per heavy atom. The van der Waals surface area contributed by atoms with Gasteiger partial charge in [0.2, 0.25) is 0 Å². The van der Waals surface area contributed by atoms with Crippen LogP contribution in [0.1, 0.15) is 50.2 Å². The first-order valence-electron chi connectivity index (χ1n) is 8.50. The SMILES string of the molecule is CC(C)CCN(C)Cc1ccc(C2CCCN(C)C2)cc1. The van der Waals surface area contributed by atoms with Crippen molar-refractivity contribution in [1.29, 1.82) is 0 Å². The Hall–Kier alpha value is -0.860. The first kappa shape index (κ1) is 16.5. The van der Waals surface area contributed by atoms with Gasteiger partial charge >= 0.3 is 0 Å². The van der Waals surface area contributed by atoms with Crippen molar-refractivity contribution in [2.75, 3.05) is 33.7 Å². The van der Waals surface area contributed by atoms with Crippen LogP contribution >= 0.6 is 0 Å². The average Bonchev–Trinajstić information content (AvgIpc) is 2.46. The van der Waals surface area contributed by atoms with Crippen molar-refractivity contribution in [3.05, 3.63) is 35.4 Å². The molecule has 0 N–H and O–H groups in total. The second-order valence-corrected chi connectivity index (χ2v) is 7.26. The van der Waals surface area contributed by atoms with Gasteiger partial charge in [0.05, 0.1) is 0 Å². The van der Waals surface area contributed by atoms with Gasteiger partial charge in [0.15, 0.2) is 0 Å². The normalized spacial score (nSPS) is 20.4. The summed E-state index contributed by atoms with van der Waals surface area (Å²) in [5.74, 6) is 1.52. The van der Waals surface area contributed by atoms with Crippen molar-refractivity contribution < 1.29 is 0 Å². The molecule has 118 valence electrons. The number of likely N-dealkylation sites (tertiary alicyclic amines) is 1. The van der Waals surface area contributed by atoms with Crippen LogP contribution in [0.4, 0.5) is 0 Å². The third-order valence-electron chi connectivity index (χ3n) is 4.62. The number of nitrogens with zero attached hydrogens (tertiary/aromatic N) is 2. The van der Waals surface area contributed by atoms with Crippen LogP contribution in [0.15, 0.2) is 24.3 Å². The van der Waals surface area contributed by atoms with Gasteiger partial charge in [-0.3, -0.25) is 0 Å². The molecule has 0 radical (unpaired) electrons. The predicted molar refractivity (Wildman–Crippen MR) is 91.7 cm³/mol. The van der Waals surface area contributed by atoms with E-state index in [0.717, 1.165) is 18.4 Å². The summed E-state index contributed by atoms with van der Waals surface area (Å²) in [6, 6.07) is 9.37. The van der Waals surface area contributed by atoms with Gasteiger partial charge in [-0.25, -0.2) is 0 Å². The molecule has 1 atom stereocenters. The summed E-state index contributed by atoms with van der Waals surface area (Å²) in [5, 5.41) is 0. The highest BCUT2D eigenvalue weighted by molar-refractivity contribution is 5.26. The Balaban J connectivity index is 1.86. The quantitative estimate of drug-likeness (QED) is 0.781. The highest BCUT2D eigenvalue weighted by Gasteiger charge is 2.18. The van der Waals surface area contributed by atoms with Crippen LogP contribution in [-0.2, 0) is 6.54 Å². The molecule has 1 aromatic carbocycles. The molecule has 1 aliphatic rings.